The second-order valence-corrected chi connectivity index (χ2v) is 5.21. The summed E-state index contributed by atoms with van der Waals surface area (Å²) in [5.74, 6) is 1.84. The molecule has 88 valence electrons. The van der Waals surface area contributed by atoms with Crippen LogP contribution < -0.4 is 0 Å². The van der Waals surface area contributed by atoms with Gasteiger partial charge >= 0.3 is 0 Å². The topological polar surface area (TPSA) is 3.24 Å². The molecule has 1 saturated carbocycles. The van der Waals surface area contributed by atoms with Crippen molar-refractivity contribution in [2.45, 2.75) is 46.0 Å². The second-order valence-electron chi connectivity index (χ2n) is 5.21. The summed E-state index contributed by atoms with van der Waals surface area (Å²) in [6, 6.07) is 0. The van der Waals surface area contributed by atoms with Gasteiger partial charge in [0.05, 0.1) is 0 Å². The first-order valence-electron chi connectivity index (χ1n) is 6.57. The van der Waals surface area contributed by atoms with Crippen LogP contribution in [0.4, 0.5) is 0 Å². The van der Waals surface area contributed by atoms with Crippen LogP contribution in [0.25, 0.3) is 0 Å². The third-order valence-electron chi connectivity index (χ3n) is 3.49. The molecule has 1 heteroatoms. The van der Waals surface area contributed by atoms with Crippen LogP contribution in [0.1, 0.15) is 46.0 Å². The molecule has 0 aromatic carbocycles. The van der Waals surface area contributed by atoms with Gasteiger partial charge in [0.25, 0.3) is 0 Å². The van der Waals surface area contributed by atoms with Gasteiger partial charge < -0.3 is 4.90 Å². The van der Waals surface area contributed by atoms with Gasteiger partial charge in [-0.25, -0.2) is 0 Å². The zero-order chi connectivity index (χ0) is 11.1. The normalized spacial score (nSPS) is 27.7. The summed E-state index contributed by atoms with van der Waals surface area (Å²) in [6.45, 7) is 6.96. The van der Waals surface area contributed by atoms with Crippen molar-refractivity contribution in [1.29, 1.82) is 0 Å². The average molecular weight is 209 g/mol. The third-order valence-corrected chi connectivity index (χ3v) is 3.49. The molecule has 0 spiro atoms. The van der Waals surface area contributed by atoms with E-state index in [9.17, 15) is 0 Å². The molecule has 0 aromatic heterocycles. The Morgan fingerprint density at radius 1 is 1.20 bits per heavy atom. The van der Waals surface area contributed by atoms with E-state index in [0.717, 1.165) is 18.4 Å². The van der Waals surface area contributed by atoms with E-state index < -0.39 is 0 Å². The molecule has 0 amide bonds. The number of hydrogen-bond donors (Lipinski definition) is 0. The minimum Gasteiger partial charge on any atom is -0.303 e. The molecular weight excluding hydrogens is 182 g/mol. The molecule has 0 aromatic rings. The van der Waals surface area contributed by atoms with Crippen LogP contribution in [0.2, 0.25) is 0 Å². The standard InChI is InChI=1S/C14H27N/c1-4-11-15(3)12-5-6-14-9-7-13(2)8-10-14/h5-6,13-14H,4,7-12H2,1-3H3. The molecule has 0 saturated heterocycles. The second kappa shape index (κ2) is 7.05. The summed E-state index contributed by atoms with van der Waals surface area (Å²) in [6.07, 6.45) is 11.8. The predicted octanol–water partition coefficient (Wildman–Crippen LogP) is 3.71. The summed E-state index contributed by atoms with van der Waals surface area (Å²) in [7, 11) is 2.21. The van der Waals surface area contributed by atoms with E-state index in [-0.39, 0.29) is 0 Å². The number of nitrogens with zero attached hydrogens (tertiary/aromatic N) is 1. The van der Waals surface area contributed by atoms with Crippen LogP contribution in [0.3, 0.4) is 0 Å². The van der Waals surface area contributed by atoms with Gasteiger partial charge in [-0.1, -0.05) is 38.8 Å². The maximum atomic E-state index is 2.46. The molecule has 0 bridgehead atoms. The van der Waals surface area contributed by atoms with E-state index in [2.05, 4.69) is 37.9 Å². The molecule has 0 atom stereocenters. The Morgan fingerprint density at radius 2 is 1.87 bits per heavy atom. The highest BCUT2D eigenvalue weighted by atomic mass is 15.1. The summed E-state index contributed by atoms with van der Waals surface area (Å²) < 4.78 is 0. The lowest BCUT2D eigenvalue weighted by molar-refractivity contribution is 0.328. The van der Waals surface area contributed by atoms with E-state index in [0.29, 0.717) is 0 Å². The number of rotatable bonds is 5. The lowest BCUT2D eigenvalue weighted by Crippen LogP contribution is -2.19. The lowest BCUT2D eigenvalue weighted by Gasteiger charge is -2.23. The van der Waals surface area contributed by atoms with Gasteiger partial charge in [0.2, 0.25) is 0 Å². The van der Waals surface area contributed by atoms with Crippen molar-refractivity contribution in [1.82, 2.24) is 4.90 Å². The number of hydrogen-bond acceptors (Lipinski definition) is 1. The maximum Gasteiger partial charge on any atom is 0.0160 e. The lowest BCUT2D eigenvalue weighted by atomic mass is 9.83. The molecule has 1 aliphatic carbocycles. The van der Waals surface area contributed by atoms with E-state index >= 15 is 0 Å². The van der Waals surface area contributed by atoms with E-state index in [4.69, 9.17) is 0 Å². The summed E-state index contributed by atoms with van der Waals surface area (Å²) in [5, 5.41) is 0. The quantitative estimate of drug-likeness (QED) is 0.624. The van der Waals surface area contributed by atoms with Crippen LogP contribution in [0.15, 0.2) is 12.2 Å². The molecule has 0 unspecified atom stereocenters. The zero-order valence-electron chi connectivity index (χ0n) is 10.7. The van der Waals surface area contributed by atoms with Gasteiger partial charge in [-0.3, -0.25) is 0 Å². The van der Waals surface area contributed by atoms with E-state index in [1.807, 2.05) is 0 Å². The molecule has 0 heterocycles. The van der Waals surface area contributed by atoms with Crippen molar-refractivity contribution in [2.75, 3.05) is 20.1 Å². The molecule has 1 fully saturated rings. The Balaban J connectivity index is 2.14. The van der Waals surface area contributed by atoms with Crippen LogP contribution in [-0.4, -0.2) is 25.0 Å². The van der Waals surface area contributed by atoms with Crippen molar-refractivity contribution in [3.05, 3.63) is 12.2 Å². The molecule has 0 N–H and O–H groups in total. The van der Waals surface area contributed by atoms with E-state index in [1.54, 1.807) is 0 Å². The fraction of sp³-hybridized carbons (Fsp3) is 0.857. The monoisotopic (exact) mass is 209 g/mol. The van der Waals surface area contributed by atoms with Gasteiger partial charge in [0.15, 0.2) is 0 Å². The Morgan fingerprint density at radius 3 is 2.47 bits per heavy atom. The van der Waals surface area contributed by atoms with Crippen LogP contribution >= 0.6 is 0 Å². The average Bonchev–Trinajstić information content (AvgIpc) is 2.21. The van der Waals surface area contributed by atoms with Crippen molar-refractivity contribution < 1.29 is 0 Å². The van der Waals surface area contributed by atoms with Crippen LogP contribution in [0, 0.1) is 11.8 Å². The maximum absolute atomic E-state index is 2.46. The molecular formula is C14H27N. The highest BCUT2D eigenvalue weighted by molar-refractivity contribution is 4.92. The highest BCUT2D eigenvalue weighted by Gasteiger charge is 2.15. The first-order valence-corrected chi connectivity index (χ1v) is 6.57. The smallest absolute Gasteiger partial charge is 0.0160 e. The van der Waals surface area contributed by atoms with E-state index in [1.165, 1.54) is 38.6 Å². The Labute approximate surface area is 95.5 Å². The molecule has 1 nitrogen and oxygen atoms in total. The predicted molar refractivity (Wildman–Crippen MR) is 68.1 cm³/mol. The first kappa shape index (κ1) is 12.8. The SMILES string of the molecule is CCCN(C)CC=CC1CCC(C)CC1. The van der Waals surface area contributed by atoms with Crippen molar-refractivity contribution >= 4 is 0 Å². The first-order chi connectivity index (χ1) is 7.22. The molecule has 15 heavy (non-hydrogen) atoms. The summed E-state index contributed by atoms with van der Waals surface area (Å²) in [5.41, 5.74) is 0. The largest absolute Gasteiger partial charge is 0.303 e. The van der Waals surface area contributed by atoms with Gasteiger partial charge in [-0.05, 0) is 44.7 Å². The van der Waals surface area contributed by atoms with Gasteiger partial charge in [0, 0.05) is 6.54 Å². The van der Waals surface area contributed by atoms with Gasteiger partial charge in [-0.15, -0.1) is 0 Å². The third kappa shape index (κ3) is 5.36. The molecule has 0 aliphatic heterocycles. The Bertz CT molecular complexity index is 178. The van der Waals surface area contributed by atoms with Crippen molar-refractivity contribution in [3.8, 4) is 0 Å². The fourth-order valence-electron chi connectivity index (χ4n) is 2.38. The van der Waals surface area contributed by atoms with Crippen molar-refractivity contribution in [2.24, 2.45) is 11.8 Å². The van der Waals surface area contributed by atoms with Crippen LogP contribution in [-0.2, 0) is 0 Å². The van der Waals surface area contributed by atoms with Gasteiger partial charge in [0.1, 0.15) is 0 Å². The molecule has 1 aliphatic rings. The number of allylic oxidation sites excluding steroid dienone is 1. The molecule has 1 rings (SSSR count). The highest BCUT2D eigenvalue weighted by Crippen LogP contribution is 2.28. The number of likely N-dealkylation sites (N-methyl/N-ethyl adjacent to an activating group) is 1. The van der Waals surface area contributed by atoms with Gasteiger partial charge in [-0.2, -0.15) is 0 Å². The van der Waals surface area contributed by atoms with Crippen LogP contribution in [0.5, 0.6) is 0 Å². The van der Waals surface area contributed by atoms with Crippen molar-refractivity contribution in [3.63, 3.8) is 0 Å². The summed E-state index contributed by atoms with van der Waals surface area (Å²) >= 11 is 0. The Hall–Kier alpha value is -0.300. The fourth-order valence-corrected chi connectivity index (χ4v) is 2.38. The minimum atomic E-state index is 0.872. The Kier molecular flexibility index (Phi) is 6.00. The minimum absolute atomic E-state index is 0.872. The summed E-state index contributed by atoms with van der Waals surface area (Å²) in [4.78, 5) is 2.39. The molecule has 0 radical (unpaired) electrons. The zero-order valence-corrected chi connectivity index (χ0v) is 10.7.